The molecule has 0 aliphatic carbocycles. The minimum Gasteiger partial charge on any atom is -0.384 e. The van der Waals surface area contributed by atoms with E-state index in [2.05, 4.69) is 10.3 Å². The van der Waals surface area contributed by atoms with E-state index in [-0.39, 0.29) is 11.7 Å². The van der Waals surface area contributed by atoms with Crippen molar-refractivity contribution in [3.8, 4) is 0 Å². The monoisotopic (exact) mass is 287 g/mol. The number of benzene rings is 1. The number of hydrogen-bond donors (Lipinski definition) is 1. The van der Waals surface area contributed by atoms with Gasteiger partial charge in [-0.05, 0) is 44.2 Å². The lowest BCUT2D eigenvalue weighted by molar-refractivity contribution is 0.0983. The summed E-state index contributed by atoms with van der Waals surface area (Å²) in [6, 6.07) is 9.46. The largest absolute Gasteiger partial charge is 0.384 e. The topological polar surface area (TPSA) is 45.2 Å². The van der Waals surface area contributed by atoms with Gasteiger partial charge in [0.15, 0.2) is 0 Å². The van der Waals surface area contributed by atoms with E-state index in [0.717, 1.165) is 12.2 Å². The highest BCUT2D eigenvalue weighted by atomic mass is 19.1. The van der Waals surface area contributed by atoms with Crippen LogP contribution in [0.4, 0.5) is 15.8 Å². The van der Waals surface area contributed by atoms with Crippen molar-refractivity contribution in [2.45, 2.75) is 13.8 Å². The van der Waals surface area contributed by atoms with Gasteiger partial charge in [0.2, 0.25) is 0 Å². The first kappa shape index (κ1) is 15.0. The van der Waals surface area contributed by atoms with Crippen molar-refractivity contribution < 1.29 is 9.18 Å². The average Bonchev–Trinajstić information content (AvgIpc) is 2.49. The number of nitrogens with zero attached hydrogens (tertiary/aromatic N) is 2. The summed E-state index contributed by atoms with van der Waals surface area (Å²) in [7, 11) is 0. The van der Waals surface area contributed by atoms with Crippen LogP contribution in [0.5, 0.6) is 0 Å². The van der Waals surface area contributed by atoms with Gasteiger partial charge in [-0.25, -0.2) is 9.37 Å². The van der Waals surface area contributed by atoms with E-state index in [1.54, 1.807) is 24.4 Å². The van der Waals surface area contributed by atoms with E-state index in [0.29, 0.717) is 17.9 Å². The Bertz CT molecular complexity index is 613. The molecule has 0 atom stereocenters. The second kappa shape index (κ2) is 6.83. The van der Waals surface area contributed by atoms with E-state index in [9.17, 15) is 9.18 Å². The van der Waals surface area contributed by atoms with Crippen LogP contribution in [-0.4, -0.2) is 24.0 Å². The maximum absolute atomic E-state index is 13.3. The van der Waals surface area contributed by atoms with Crippen molar-refractivity contribution in [2.75, 3.05) is 23.3 Å². The lowest BCUT2D eigenvalue weighted by Crippen LogP contribution is -2.31. The summed E-state index contributed by atoms with van der Waals surface area (Å²) in [6.07, 6.45) is 1.62. The number of pyridine rings is 1. The molecule has 2 rings (SSSR count). The fourth-order valence-electron chi connectivity index (χ4n) is 2.05. The minimum atomic E-state index is -0.366. The highest BCUT2D eigenvalue weighted by Gasteiger charge is 2.17. The van der Waals surface area contributed by atoms with E-state index < -0.39 is 0 Å². The fraction of sp³-hybridized carbons (Fsp3) is 0.250. The maximum atomic E-state index is 13.3. The summed E-state index contributed by atoms with van der Waals surface area (Å²) >= 11 is 0. The van der Waals surface area contributed by atoms with Crippen LogP contribution < -0.4 is 10.2 Å². The molecular weight excluding hydrogens is 269 g/mol. The molecule has 0 fully saturated rings. The third kappa shape index (κ3) is 3.56. The number of rotatable bonds is 5. The molecule has 0 aliphatic rings. The Morgan fingerprint density at radius 1 is 1.29 bits per heavy atom. The minimum absolute atomic E-state index is 0.244. The van der Waals surface area contributed by atoms with Crippen LogP contribution in [0.2, 0.25) is 0 Å². The van der Waals surface area contributed by atoms with Gasteiger partial charge < -0.3 is 10.2 Å². The maximum Gasteiger partial charge on any atom is 0.276 e. The van der Waals surface area contributed by atoms with Crippen molar-refractivity contribution in [1.82, 2.24) is 4.98 Å². The van der Waals surface area contributed by atoms with Crippen LogP contribution in [0.15, 0.2) is 42.6 Å². The van der Waals surface area contributed by atoms with Crippen molar-refractivity contribution >= 4 is 17.3 Å². The van der Waals surface area contributed by atoms with Crippen molar-refractivity contribution in [1.29, 1.82) is 0 Å². The van der Waals surface area contributed by atoms with Crippen LogP contribution in [0.25, 0.3) is 0 Å². The summed E-state index contributed by atoms with van der Waals surface area (Å²) in [5.74, 6) is -0.611. The summed E-state index contributed by atoms with van der Waals surface area (Å²) in [6.45, 7) is 5.07. The quantitative estimate of drug-likeness (QED) is 0.917. The van der Waals surface area contributed by atoms with Crippen molar-refractivity contribution in [3.63, 3.8) is 0 Å². The number of carbonyl (C=O) groups is 1. The number of carbonyl (C=O) groups excluding carboxylic acids is 1. The number of aromatic nitrogens is 1. The molecule has 4 nitrogen and oxygen atoms in total. The van der Waals surface area contributed by atoms with Gasteiger partial charge in [-0.3, -0.25) is 4.79 Å². The molecule has 0 bridgehead atoms. The van der Waals surface area contributed by atoms with E-state index in [1.165, 1.54) is 17.0 Å². The van der Waals surface area contributed by atoms with Gasteiger partial charge in [-0.2, -0.15) is 0 Å². The molecule has 21 heavy (non-hydrogen) atoms. The molecule has 0 aliphatic heterocycles. The molecule has 110 valence electrons. The molecule has 2 aromatic rings. The first-order valence-corrected chi connectivity index (χ1v) is 6.93. The van der Waals surface area contributed by atoms with Crippen LogP contribution >= 0.6 is 0 Å². The normalized spacial score (nSPS) is 10.2. The molecule has 0 unspecified atom stereocenters. The number of amides is 1. The Hall–Kier alpha value is -2.43. The number of anilines is 2. The van der Waals surface area contributed by atoms with Crippen molar-refractivity contribution in [3.05, 3.63) is 54.1 Å². The first-order valence-electron chi connectivity index (χ1n) is 6.93. The van der Waals surface area contributed by atoms with Gasteiger partial charge in [0, 0.05) is 18.8 Å². The molecule has 1 aromatic carbocycles. The van der Waals surface area contributed by atoms with Gasteiger partial charge in [0.25, 0.3) is 5.91 Å². The zero-order chi connectivity index (χ0) is 15.2. The predicted molar refractivity (Wildman–Crippen MR) is 82.2 cm³/mol. The van der Waals surface area contributed by atoms with E-state index in [4.69, 9.17) is 0 Å². The van der Waals surface area contributed by atoms with Gasteiger partial charge in [0.05, 0.1) is 11.9 Å². The van der Waals surface area contributed by atoms with Crippen LogP contribution in [0.3, 0.4) is 0 Å². The SMILES string of the molecule is CCNc1ccc(C(=O)N(CC)c2cccc(F)c2)nc1. The first-order chi connectivity index (χ1) is 10.2. The molecule has 5 heteroatoms. The standard InChI is InChI=1S/C16H18FN3O/c1-3-18-13-8-9-15(19-11-13)16(21)20(4-2)14-7-5-6-12(17)10-14/h5-11,18H,3-4H2,1-2H3. The van der Waals surface area contributed by atoms with Crippen LogP contribution in [-0.2, 0) is 0 Å². The summed E-state index contributed by atoms with van der Waals surface area (Å²) in [4.78, 5) is 18.1. The number of nitrogens with one attached hydrogen (secondary N) is 1. The Kier molecular flexibility index (Phi) is 4.87. The van der Waals surface area contributed by atoms with Gasteiger partial charge >= 0.3 is 0 Å². The van der Waals surface area contributed by atoms with E-state index in [1.807, 2.05) is 19.9 Å². The molecule has 1 aromatic heterocycles. The lowest BCUT2D eigenvalue weighted by Gasteiger charge is -2.20. The number of hydrogen-bond acceptors (Lipinski definition) is 3. The Labute approximate surface area is 123 Å². The Balaban J connectivity index is 2.23. The molecule has 1 amide bonds. The molecule has 1 heterocycles. The highest BCUT2D eigenvalue weighted by Crippen LogP contribution is 2.18. The highest BCUT2D eigenvalue weighted by molar-refractivity contribution is 6.04. The smallest absolute Gasteiger partial charge is 0.276 e. The molecule has 0 saturated carbocycles. The van der Waals surface area contributed by atoms with Crippen LogP contribution in [0.1, 0.15) is 24.3 Å². The zero-order valence-corrected chi connectivity index (χ0v) is 12.1. The third-order valence-electron chi connectivity index (χ3n) is 3.04. The molecular formula is C16H18FN3O. The fourth-order valence-corrected chi connectivity index (χ4v) is 2.05. The van der Waals surface area contributed by atoms with Crippen LogP contribution in [0, 0.1) is 5.82 Å². The third-order valence-corrected chi connectivity index (χ3v) is 3.04. The predicted octanol–water partition coefficient (Wildman–Crippen LogP) is 3.32. The Morgan fingerprint density at radius 3 is 2.67 bits per heavy atom. The summed E-state index contributed by atoms with van der Waals surface area (Å²) in [5.41, 5.74) is 1.73. The van der Waals surface area contributed by atoms with Crippen molar-refractivity contribution in [2.24, 2.45) is 0 Å². The second-order valence-electron chi connectivity index (χ2n) is 4.49. The molecule has 0 saturated heterocycles. The zero-order valence-electron chi connectivity index (χ0n) is 12.1. The lowest BCUT2D eigenvalue weighted by atomic mass is 10.2. The number of halogens is 1. The average molecular weight is 287 g/mol. The summed E-state index contributed by atoms with van der Waals surface area (Å²) < 4.78 is 13.3. The second-order valence-corrected chi connectivity index (χ2v) is 4.49. The van der Waals surface area contributed by atoms with E-state index >= 15 is 0 Å². The molecule has 0 spiro atoms. The molecule has 0 radical (unpaired) electrons. The summed E-state index contributed by atoms with van der Waals surface area (Å²) in [5, 5.41) is 3.12. The van der Waals surface area contributed by atoms with Gasteiger partial charge in [-0.1, -0.05) is 6.07 Å². The van der Waals surface area contributed by atoms with Gasteiger partial charge in [0.1, 0.15) is 11.5 Å². The van der Waals surface area contributed by atoms with Gasteiger partial charge in [-0.15, -0.1) is 0 Å². The molecule has 1 N–H and O–H groups in total. The Morgan fingerprint density at radius 2 is 2.10 bits per heavy atom.